The summed E-state index contributed by atoms with van der Waals surface area (Å²) in [6.07, 6.45) is 0. The average molecular weight is 325 g/mol. The van der Waals surface area contributed by atoms with Gasteiger partial charge in [-0.15, -0.1) is 0 Å². The minimum atomic E-state index is -0.457. The van der Waals surface area contributed by atoms with Gasteiger partial charge in [-0.25, -0.2) is 4.39 Å². The van der Waals surface area contributed by atoms with Crippen LogP contribution < -0.4 is 5.32 Å². The van der Waals surface area contributed by atoms with Crippen LogP contribution in [0.2, 0.25) is 0 Å². The lowest BCUT2D eigenvalue weighted by molar-refractivity contribution is -0.384. The van der Waals surface area contributed by atoms with Crippen LogP contribution in [-0.4, -0.2) is 4.92 Å². The van der Waals surface area contributed by atoms with Gasteiger partial charge in [0.25, 0.3) is 5.69 Å². The minimum absolute atomic E-state index is 0.0168. The van der Waals surface area contributed by atoms with Gasteiger partial charge in [0.05, 0.1) is 4.92 Å². The first-order chi connectivity index (χ1) is 9.06. The summed E-state index contributed by atoms with van der Waals surface area (Å²) in [5.74, 6) is -0.290. The third-order valence-electron chi connectivity index (χ3n) is 2.54. The van der Waals surface area contributed by atoms with Crippen LogP contribution in [0.3, 0.4) is 0 Å². The zero-order valence-corrected chi connectivity index (χ0v) is 11.4. The molecule has 0 aromatic heterocycles. The third-order valence-corrected chi connectivity index (χ3v) is 3.19. The highest BCUT2D eigenvalue weighted by atomic mass is 79.9. The van der Waals surface area contributed by atoms with Gasteiger partial charge in [0.2, 0.25) is 0 Å². The molecule has 98 valence electrons. The summed E-state index contributed by atoms with van der Waals surface area (Å²) in [6, 6.07) is 10.7. The largest absolute Gasteiger partial charge is 0.380 e. The second kappa shape index (κ2) is 5.79. The topological polar surface area (TPSA) is 55.2 Å². The van der Waals surface area contributed by atoms with Crippen LogP contribution in [0.5, 0.6) is 0 Å². The van der Waals surface area contributed by atoms with Gasteiger partial charge in [0.15, 0.2) is 0 Å². The Hall–Kier alpha value is -1.95. The molecule has 0 spiro atoms. The second-order valence-corrected chi connectivity index (χ2v) is 4.76. The maximum atomic E-state index is 13.0. The molecule has 6 heteroatoms. The van der Waals surface area contributed by atoms with Crippen LogP contribution in [0.4, 0.5) is 15.8 Å². The summed E-state index contributed by atoms with van der Waals surface area (Å²) in [6.45, 7) is 0.439. The first kappa shape index (κ1) is 13.5. The Morgan fingerprint density at radius 3 is 2.68 bits per heavy atom. The van der Waals surface area contributed by atoms with Crippen LogP contribution >= 0.6 is 15.9 Å². The van der Waals surface area contributed by atoms with Crippen molar-refractivity contribution in [1.29, 1.82) is 0 Å². The van der Waals surface area contributed by atoms with Gasteiger partial charge in [0, 0.05) is 28.8 Å². The van der Waals surface area contributed by atoms with E-state index >= 15 is 0 Å². The molecule has 19 heavy (non-hydrogen) atoms. The summed E-state index contributed by atoms with van der Waals surface area (Å²) in [5.41, 5.74) is 1.53. The average Bonchev–Trinajstić information content (AvgIpc) is 2.37. The molecule has 2 aromatic carbocycles. The van der Waals surface area contributed by atoms with Gasteiger partial charge in [-0.2, -0.15) is 0 Å². The second-order valence-electron chi connectivity index (χ2n) is 3.90. The molecule has 2 aromatic rings. The van der Waals surface area contributed by atoms with E-state index in [0.717, 1.165) is 11.3 Å². The molecule has 0 fully saturated rings. The number of benzene rings is 2. The number of rotatable bonds is 4. The summed E-state index contributed by atoms with van der Waals surface area (Å²) in [4.78, 5) is 10.1. The van der Waals surface area contributed by atoms with E-state index in [1.807, 2.05) is 0 Å². The van der Waals surface area contributed by atoms with Gasteiger partial charge in [0.1, 0.15) is 5.82 Å². The lowest BCUT2D eigenvalue weighted by atomic mass is 10.2. The quantitative estimate of drug-likeness (QED) is 0.680. The number of hydrogen-bond acceptors (Lipinski definition) is 3. The smallest absolute Gasteiger partial charge is 0.270 e. The van der Waals surface area contributed by atoms with Gasteiger partial charge < -0.3 is 5.32 Å². The summed E-state index contributed by atoms with van der Waals surface area (Å²) >= 11 is 3.26. The highest BCUT2D eigenvalue weighted by molar-refractivity contribution is 9.10. The van der Waals surface area contributed by atoms with Gasteiger partial charge in [-0.1, -0.05) is 12.1 Å². The van der Waals surface area contributed by atoms with E-state index in [-0.39, 0.29) is 11.5 Å². The Balaban J connectivity index is 2.10. The first-order valence-corrected chi connectivity index (χ1v) is 6.28. The fraction of sp³-hybridized carbons (Fsp3) is 0.0769. The molecule has 1 N–H and O–H groups in total. The summed E-state index contributed by atoms with van der Waals surface area (Å²) < 4.78 is 13.6. The van der Waals surface area contributed by atoms with Crippen molar-refractivity contribution in [1.82, 2.24) is 0 Å². The highest BCUT2D eigenvalue weighted by Crippen LogP contribution is 2.27. The van der Waals surface area contributed by atoms with Crippen molar-refractivity contribution in [3.63, 3.8) is 0 Å². The number of anilines is 1. The number of nitrogens with one attached hydrogen (secondary N) is 1. The Labute approximate surface area is 117 Å². The van der Waals surface area contributed by atoms with Gasteiger partial charge in [-0.05, 0) is 39.7 Å². The minimum Gasteiger partial charge on any atom is -0.380 e. The monoisotopic (exact) mass is 324 g/mol. The molecule has 0 amide bonds. The van der Waals surface area contributed by atoms with E-state index < -0.39 is 4.92 Å². The Kier molecular flexibility index (Phi) is 4.11. The number of hydrogen-bond donors (Lipinski definition) is 1. The molecule has 2 rings (SSSR count). The van der Waals surface area contributed by atoms with E-state index in [0.29, 0.717) is 11.0 Å². The molecule has 0 radical (unpaired) electrons. The van der Waals surface area contributed by atoms with Crippen LogP contribution in [0.1, 0.15) is 5.56 Å². The summed E-state index contributed by atoms with van der Waals surface area (Å²) in [7, 11) is 0. The standard InChI is InChI=1S/C13H10BrFN2O2/c14-12-7-11(17(18)19)4-5-13(12)16-8-9-2-1-3-10(15)6-9/h1-7,16H,8H2. The number of nitrogens with zero attached hydrogens (tertiary/aromatic N) is 1. The number of nitro benzene ring substituents is 1. The van der Waals surface area contributed by atoms with Crippen molar-refractivity contribution in [3.8, 4) is 0 Å². The van der Waals surface area contributed by atoms with E-state index in [1.54, 1.807) is 18.2 Å². The molecular weight excluding hydrogens is 315 g/mol. The predicted octanol–water partition coefficient (Wildman–Crippen LogP) is 4.11. The van der Waals surface area contributed by atoms with E-state index in [9.17, 15) is 14.5 Å². The van der Waals surface area contributed by atoms with Gasteiger partial charge in [-0.3, -0.25) is 10.1 Å². The van der Waals surface area contributed by atoms with E-state index in [4.69, 9.17) is 0 Å². The third kappa shape index (κ3) is 3.51. The zero-order valence-electron chi connectivity index (χ0n) is 9.77. The number of non-ortho nitro benzene ring substituents is 1. The molecule has 0 aliphatic heterocycles. The SMILES string of the molecule is O=[N+]([O-])c1ccc(NCc2cccc(F)c2)c(Br)c1. The van der Waals surface area contributed by atoms with Crippen molar-refractivity contribution < 1.29 is 9.31 Å². The summed E-state index contributed by atoms with van der Waals surface area (Å²) in [5, 5.41) is 13.7. The number of halogens is 2. The fourth-order valence-electron chi connectivity index (χ4n) is 1.61. The molecule has 0 heterocycles. The first-order valence-electron chi connectivity index (χ1n) is 5.48. The molecule has 4 nitrogen and oxygen atoms in total. The molecule has 0 unspecified atom stereocenters. The molecule has 0 atom stereocenters. The van der Waals surface area contributed by atoms with Crippen LogP contribution in [0.25, 0.3) is 0 Å². The normalized spacial score (nSPS) is 10.2. The Morgan fingerprint density at radius 1 is 1.26 bits per heavy atom. The Morgan fingerprint density at radius 2 is 2.05 bits per heavy atom. The highest BCUT2D eigenvalue weighted by Gasteiger charge is 2.08. The van der Waals surface area contributed by atoms with Crippen molar-refractivity contribution in [2.45, 2.75) is 6.54 Å². The molecule has 0 saturated heterocycles. The number of nitro groups is 1. The molecule has 0 bridgehead atoms. The molecule has 0 aliphatic carbocycles. The van der Waals surface area contributed by atoms with E-state index in [2.05, 4.69) is 21.2 Å². The van der Waals surface area contributed by atoms with Crippen molar-refractivity contribution in [2.24, 2.45) is 0 Å². The van der Waals surface area contributed by atoms with Crippen molar-refractivity contribution in [3.05, 3.63) is 68.4 Å². The van der Waals surface area contributed by atoms with Crippen LogP contribution in [0.15, 0.2) is 46.9 Å². The molecule has 0 aliphatic rings. The molecular formula is C13H10BrFN2O2. The zero-order chi connectivity index (χ0) is 13.8. The maximum Gasteiger partial charge on any atom is 0.270 e. The maximum absolute atomic E-state index is 13.0. The lowest BCUT2D eigenvalue weighted by Gasteiger charge is -2.08. The fourth-order valence-corrected chi connectivity index (χ4v) is 2.11. The predicted molar refractivity (Wildman–Crippen MR) is 74.5 cm³/mol. The Bertz CT molecular complexity index is 619. The van der Waals surface area contributed by atoms with Gasteiger partial charge >= 0.3 is 0 Å². The lowest BCUT2D eigenvalue weighted by Crippen LogP contribution is -2.00. The van der Waals surface area contributed by atoms with Crippen molar-refractivity contribution in [2.75, 3.05) is 5.32 Å². The van der Waals surface area contributed by atoms with Crippen LogP contribution in [0, 0.1) is 15.9 Å². The van der Waals surface area contributed by atoms with Crippen LogP contribution in [-0.2, 0) is 6.54 Å². The van der Waals surface area contributed by atoms with E-state index in [1.165, 1.54) is 24.3 Å². The van der Waals surface area contributed by atoms with Crippen molar-refractivity contribution >= 4 is 27.3 Å². The molecule has 0 saturated carbocycles.